The molecule has 4 heteroatoms. The zero-order chi connectivity index (χ0) is 13.9. The number of rotatable bonds is 3. The van der Waals surface area contributed by atoms with Gasteiger partial charge in [0.15, 0.2) is 0 Å². The molecule has 3 rings (SSSR count). The van der Waals surface area contributed by atoms with Gasteiger partial charge in [-0.1, -0.05) is 30.3 Å². The van der Waals surface area contributed by atoms with E-state index in [2.05, 4.69) is 4.98 Å². The summed E-state index contributed by atoms with van der Waals surface area (Å²) in [5, 5.41) is 0.845. The summed E-state index contributed by atoms with van der Waals surface area (Å²) in [5.41, 5.74) is 14.6. The highest BCUT2D eigenvalue weighted by Crippen LogP contribution is 2.27. The molecule has 2 aromatic carbocycles. The first-order valence-corrected chi connectivity index (χ1v) is 6.34. The van der Waals surface area contributed by atoms with E-state index >= 15 is 0 Å². The summed E-state index contributed by atoms with van der Waals surface area (Å²) in [6, 6.07) is 15.6. The van der Waals surface area contributed by atoms with Gasteiger partial charge in [-0.25, -0.2) is 0 Å². The Hall–Kier alpha value is -2.75. The lowest BCUT2D eigenvalue weighted by molar-refractivity contribution is 0.306. The Labute approximate surface area is 117 Å². The molecule has 0 bridgehead atoms. The molecule has 0 fully saturated rings. The first-order valence-electron chi connectivity index (χ1n) is 6.34. The van der Waals surface area contributed by atoms with Crippen molar-refractivity contribution in [2.24, 2.45) is 0 Å². The molecule has 3 aromatic rings. The van der Waals surface area contributed by atoms with Crippen molar-refractivity contribution in [1.82, 2.24) is 4.98 Å². The minimum Gasteiger partial charge on any atom is -0.489 e. The van der Waals surface area contributed by atoms with E-state index in [1.165, 1.54) is 0 Å². The molecule has 0 unspecified atom stereocenters. The summed E-state index contributed by atoms with van der Waals surface area (Å²) >= 11 is 0. The molecule has 4 nitrogen and oxygen atoms in total. The number of nitrogens with zero attached hydrogens (tertiary/aromatic N) is 1. The average molecular weight is 265 g/mol. The van der Waals surface area contributed by atoms with Crippen LogP contribution in [0.4, 0.5) is 11.4 Å². The fraction of sp³-hybridized carbons (Fsp3) is 0.0625. The third-order valence-electron chi connectivity index (χ3n) is 3.16. The molecule has 0 amide bonds. The summed E-state index contributed by atoms with van der Waals surface area (Å²) in [4.78, 5) is 4.27. The van der Waals surface area contributed by atoms with Crippen LogP contribution in [0.5, 0.6) is 5.75 Å². The normalized spacial score (nSPS) is 10.6. The van der Waals surface area contributed by atoms with Crippen LogP contribution in [0.2, 0.25) is 0 Å². The average Bonchev–Trinajstić information content (AvgIpc) is 2.50. The van der Waals surface area contributed by atoms with Crippen molar-refractivity contribution < 1.29 is 4.74 Å². The maximum Gasteiger partial charge on any atom is 0.122 e. The number of hydrogen-bond acceptors (Lipinski definition) is 4. The first kappa shape index (κ1) is 12.3. The molecule has 0 atom stereocenters. The summed E-state index contributed by atoms with van der Waals surface area (Å²) in [6.07, 6.45) is 1.57. The predicted molar refractivity (Wildman–Crippen MR) is 81.3 cm³/mol. The van der Waals surface area contributed by atoms with Crippen molar-refractivity contribution >= 4 is 22.3 Å². The second-order valence-electron chi connectivity index (χ2n) is 4.58. The van der Waals surface area contributed by atoms with E-state index in [4.69, 9.17) is 16.2 Å². The van der Waals surface area contributed by atoms with Crippen molar-refractivity contribution in [3.8, 4) is 5.75 Å². The molecule has 0 aliphatic heterocycles. The van der Waals surface area contributed by atoms with Crippen LogP contribution in [-0.2, 0) is 6.61 Å². The van der Waals surface area contributed by atoms with E-state index in [0.717, 1.165) is 22.2 Å². The number of pyridine rings is 1. The van der Waals surface area contributed by atoms with Gasteiger partial charge in [0.2, 0.25) is 0 Å². The lowest BCUT2D eigenvalue weighted by Gasteiger charge is -2.09. The molecular formula is C16H15N3O. The Morgan fingerprint density at radius 1 is 1.00 bits per heavy atom. The predicted octanol–water partition coefficient (Wildman–Crippen LogP) is 2.98. The van der Waals surface area contributed by atoms with Gasteiger partial charge in [0, 0.05) is 11.5 Å². The SMILES string of the molecule is Nc1cnc2cc(OCc3ccccc3)ccc2c1N. The van der Waals surface area contributed by atoms with Gasteiger partial charge in [-0.3, -0.25) is 4.98 Å². The molecule has 100 valence electrons. The number of nitrogens with two attached hydrogens (primary N) is 2. The Morgan fingerprint density at radius 2 is 1.80 bits per heavy atom. The Morgan fingerprint density at radius 3 is 2.60 bits per heavy atom. The second kappa shape index (κ2) is 5.09. The van der Waals surface area contributed by atoms with E-state index in [9.17, 15) is 0 Å². The van der Waals surface area contributed by atoms with Crippen molar-refractivity contribution in [2.45, 2.75) is 6.61 Å². The van der Waals surface area contributed by atoms with Gasteiger partial charge in [0.1, 0.15) is 12.4 Å². The van der Waals surface area contributed by atoms with Crippen LogP contribution >= 0.6 is 0 Å². The van der Waals surface area contributed by atoms with E-state index in [0.29, 0.717) is 18.0 Å². The molecule has 0 spiro atoms. The molecule has 1 aromatic heterocycles. The van der Waals surface area contributed by atoms with Crippen LogP contribution < -0.4 is 16.2 Å². The standard InChI is InChI=1S/C16H15N3O/c17-14-9-19-15-8-12(6-7-13(15)16(14)18)20-10-11-4-2-1-3-5-11/h1-9H,10,17H2,(H2,18,19). The van der Waals surface area contributed by atoms with Gasteiger partial charge in [0.05, 0.1) is 23.1 Å². The van der Waals surface area contributed by atoms with Gasteiger partial charge < -0.3 is 16.2 Å². The van der Waals surface area contributed by atoms with E-state index in [1.807, 2.05) is 48.5 Å². The molecule has 20 heavy (non-hydrogen) atoms. The summed E-state index contributed by atoms with van der Waals surface area (Å²) in [7, 11) is 0. The van der Waals surface area contributed by atoms with Crippen LogP contribution in [0.25, 0.3) is 10.9 Å². The highest BCUT2D eigenvalue weighted by atomic mass is 16.5. The molecular weight excluding hydrogens is 250 g/mol. The first-order chi connectivity index (χ1) is 9.74. The van der Waals surface area contributed by atoms with Gasteiger partial charge >= 0.3 is 0 Å². The molecule has 0 saturated heterocycles. The third-order valence-corrected chi connectivity index (χ3v) is 3.16. The molecule has 0 aliphatic rings. The van der Waals surface area contributed by atoms with Crippen LogP contribution in [0.3, 0.4) is 0 Å². The van der Waals surface area contributed by atoms with Gasteiger partial charge in [-0.15, -0.1) is 0 Å². The lowest BCUT2D eigenvalue weighted by atomic mass is 10.1. The van der Waals surface area contributed by atoms with Crippen LogP contribution in [0, 0.1) is 0 Å². The van der Waals surface area contributed by atoms with Gasteiger partial charge in [-0.05, 0) is 17.7 Å². The highest BCUT2D eigenvalue weighted by Gasteiger charge is 2.05. The summed E-state index contributed by atoms with van der Waals surface area (Å²) < 4.78 is 5.76. The fourth-order valence-electron chi connectivity index (χ4n) is 2.04. The zero-order valence-electron chi connectivity index (χ0n) is 10.9. The largest absolute Gasteiger partial charge is 0.489 e. The second-order valence-corrected chi connectivity index (χ2v) is 4.58. The van der Waals surface area contributed by atoms with Crippen LogP contribution in [-0.4, -0.2) is 4.98 Å². The van der Waals surface area contributed by atoms with Crippen molar-refractivity contribution in [2.75, 3.05) is 11.5 Å². The Balaban J connectivity index is 1.85. The van der Waals surface area contributed by atoms with Gasteiger partial charge in [-0.2, -0.15) is 0 Å². The summed E-state index contributed by atoms with van der Waals surface area (Å²) in [6.45, 7) is 0.525. The van der Waals surface area contributed by atoms with Crippen molar-refractivity contribution in [3.05, 3.63) is 60.3 Å². The number of hydrogen-bond donors (Lipinski definition) is 2. The van der Waals surface area contributed by atoms with E-state index in [-0.39, 0.29) is 0 Å². The minimum atomic E-state index is 0.496. The minimum absolute atomic E-state index is 0.496. The number of aromatic nitrogens is 1. The van der Waals surface area contributed by atoms with Crippen molar-refractivity contribution in [1.29, 1.82) is 0 Å². The maximum atomic E-state index is 5.93. The summed E-state index contributed by atoms with van der Waals surface area (Å²) in [5.74, 6) is 0.762. The van der Waals surface area contributed by atoms with Crippen LogP contribution in [0.1, 0.15) is 5.56 Å². The number of benzene rings is 2. The fourth-order valence-corrected chi connectivity index (χ4v) is 2.04. The number of nitrogen functional groups attached to an aromatic ring is 2. The third kappa shape index (κ3) is 2.36. The molecule has 0 aliphatic carbocycles. The number of ether oxygens (including phenoxy) is 1. The van der Waals surface area contributed by atoms with Gasteiger partial charge in [0.25, 0.3) is 0 Å². The number of fused-ring (bicyclic) bond motifs is 1. The van der Waals surface area contributed by atoms with Crippen molar-refractivity contribution in [3.63, 3.8) is 0 Å². The topological polar surface area (TPSA) is 74.2 Å². The molecule has 0 saturated carbocycles. The monoisotopic (exact) mass is 265 g/mol. The quantitative estimate of drug-likeness (QED) is 0.763. The molecule has 1 heterocycles. The van der Waals surface area contributed by atoms with Crippen LogP contribution in [0.15, 0.2) is 54.7 Å². The molecule has 0 radical (unpaired) electrons. The van der Waals surface area contributed by atoms with E-state index in [1.54, 1.807) is 6.20 Å². The van der Waals surface area contributed by atoms with E-state index < -0.39 is 0 Å². The Bertz CT molecular complexity index is 741. The number of anilines is 2. The maximum absolute atomic E-state index is 5.93. The molecule has 4 N–H and O–H groups in total. The Kier molecular flexibility index (Phi) is 3.13. The lowest BCUT2D eigenvalue weighted by Crippen LogP contribution is -1.98. The highest BCUT2D eigenvalue weighted by molar-refractivity contribution is 5.96. The smallest absolute Gasteiger partial charge is 0.122 e. The zero-order valence-corrected chi connectivity index (χ0v) is 10.9.